The summed E-state index contributed by atoms with van der Waals surface area (Å²) in [6.45, 7) is 6.62. The van der Waals surface area contributed by atoms with Crippen LogP contribution in [-0.2, 0) is 19.3 Å². The lowest BCUT2D eigenvalue weighted by Gasteiger charge is -2.45. The van der Waals surface area contributed by atoms with Gasteiger partial charge >= 0.3 is 6.18 Å². The van der Waals surface area contributed by atoms with Crippen LogP contribution in [0.25, 0.3) is 0 Å². The molecule has 0 atom stereocenters. The number of alkyl halides is 3. The zero-order valence-corrected chi connectivity index (χ0v) is 16.1. The van der Waals surface area contributed by atoms with Crippen LogP contribution >= 0.6 is 0 Å². The van der Waals surface area contributed by atoms with Gasteiger partial charge < -0.3 is 9.47 Å². The third-order valence-corrected chi connectivity index (χ3v) is 6.31. The van der Waals surface area contributed by atoms with Crippen LogP contribution < -0.4 is 4.90 Å². The van der Waals surface area contributed by atoms with Crippen molar-refractivity contribution in [2.24, 2.45) is 0 Å². The molecule has 2 aromatic rings. The van der Waals surface area contributed by atoms with Gasteiger partial charge in [-0.1, -0.05) is 0 Å². The summed E-state index contributed by atoms with van der Waals surface area (Å²) >= 11 is 0. The molecule has 4 heterocycles. The van der Waals surface area contributed by atoms with E-state index in [-0.39, 0.29) is 5.54 Å². The second-order valence-electron chi connectivity index (χ2n) is 7.77. The maximum atomic E-state index is 12.7. The number of nitrogens with zero attached hydrogens (tertiary/aromatic N) is 5. The van der Waals surface area contributed by atoms with Crippen molar-refractivity contribution < 1.29 is 13.2 Å². The van der Waals surface area contributed by atoms with Gasteiger partial charge in [-0.3, -0.25) is 4.90 Å². The average molecular weight is 393 g/mol. The molecule has 1 spiro atoms. The Balaban J connectivity index is 1.42. The Kier molecular flexibility index (Phi) is 5.07. The van der Waals surface area contributed by atoms with Gasteiger partial charge in [-0.25, -0.2) is 9.97 Å². The number of piperidine rings is 1. The molecule has 2 fully saturated rings. The van der Waals surface area contributed by atoms with E-state index in [4.69, 9.17) is 0 Å². The van der Waals surface area contributed by atoms with Crippen LogP contribution in [0.2, 0.25) is 0 Å². The van der Waals surface area contributed by atoms with Gasteiger partial charge in [0.2, 0.25) is 0 Å². The molecule has 2 aliphatic heterocycles. The molecule has 0 bridgehead atoms. The molecular formula is C20H26F3N5. The van der Waals surface area contributed by atoms with Gasteiger partial charge in [-0.15, -0.1) is 0 Å². The predicted molar refractivity (Wildman–Crippen MR) is 101 cm³/mol. The van der Waals surface area contributed by atoms with Crippen LogP contribution in [-0.4, -0.2) is 44.6 Å². The fraction of sp³-hybridized carbons (Fsp3) is 0.600. The topological polar surface area (TPSA) is 37.2 Å². The lowest BCUT2D eigenvalue weighted by Crippen LogP contribution is -2.52. The summed E-state index contributed by atoms with van der Waals surface area (Å²) in [6, 6.07) is 2.62. The third kappa shape index (κ3) is 3.62. The Morgan fingerprint density at radius 3 is 2.50 bits per heavy atom. The molecule has 4 rings (SSSR count). The molecule has 28 heavy (non-hydrogen) atoms. The summed E-state index contributed by atoms with van der Waals surface area (Å²) < 4.78 is 40.4. The van der Waals surface area contributed by atoms with Gasteiger partial charge in [0.15, 0.2) is 0 Å². The highest BCUT2D eigenvalue weighted by Gasteiger charge is 2.43. The Hall–Kier alpha value is -2.09. The Bertz CT molecular complexity index is 791. The van der Waals surface area contributed by atoms with Crippen LogP contribution in [0.15, 0.2) is 30.7 Å². The van der Waals surface area contributed by atoms with E-state index in [1.54, 1.807) is 0 Å². The smallest absolute Gasteiger partial charge is 0.356 e. The minimum Gasteiger partial charge on any atom is -0.356 e. The number of rotatable bonds is 4. The molecule has 0 amide bonds. The quantitative estimate of drug-likeness (QED) is 0.788. The number of hydrogen-bond acceptors (Lipinski definition) is 4. The van der Waals surface area contributed by atoms with E-state index >= 15 is 0 Å². The number of hydrogen-bond donors (Lipinski definition) is 0. The number of halogens is 3. The largest absolute Gasteiger partial charge is 0.417 e. The fourth-order valence-electron chi connectivity index (χ4n) is 4.65. The molecule has 2 saturated heterocycles. The minimum absolute atomic E-state index is 0.174. The highest BCUT2D eigenvalue weighted by atomic mass is 19.4. The van der Waals surface area contributed by atoms with Crippen LogP contribution in [0.4, 0.5) is 19.0 Å². The van der Waals surface area contributed by atoms with Gasteiger partial charge in [0.25, 0.3) is 0 Å². The first-order valence-corrected chi connectivity index (χ1v) is 9.94. The molecule has 0 aliphatic carbocycles. The molecule has 8 heteroatoms. The molecule has 0 aromatic carbocycles. The first kappa shape index (κ1) is 19.2. The Morgan fingerprint density at radius 2 is 1.86 bits per heavy atom. The van der Waals surface area contributed by atoms with Crippen molar-refractivity contribution in [2.75, 3.05) is 24.5 Å². The third-order valence-electron chi connectivity index (χ3n) is 6.31. The van der Waals surface area contributed by atoms with Crippen molar-refractivity contribution >= 4 is 5.82 Å². The van der Waals surface area contributed by atoms with E-state index in [0.717, 1.165) is 63.7 Å². The molecule has 0 unspecified atom stereocenters. The Morgan fingerprint density at radius 1 is 1.07 bits per heavy atom. The zero-order chi connectivity index (χ0) is 19.8. The molecular weight excluding hydrogens is 367 g/mol. The number of pyridine rings is 1. The highest BCUT2D eigenvalue weighted by Crippen LogP contribution is 2.40. The van der Waals surface area contributed by atoms with Crippen LogP contribution in [0, 0.1) is 0 Å². The average Bonchev–Trinajstić information content (AvgIpc) is 3.29. The van der Waals surface area contributed by atoms with Crippen molar-refractivity contribution in [1.29, 1.82) is 0 Å². The summed E-state index contributed by atoms with van der Waals surface area (Å²) in [4.78, 5) is 13.3. The van der Waals surface area contributed by atoms with Gasteiger partial charge in [0.1, 0.15) is 11.6 Å². The monoisotopic (exact) mass is 393 g/mol. The minimum atomic E-state index is -4.34. The summed E-state index contributed by atoms with van der Waals surface area (Å²) in [6.07, 6.45) is 4.85. The Labute approximate surface area is 163 Å². The SMILES string of the molecule is CCn1ccnc1CN1CCCC12CCN(c1ccc(C(F)(F)F)cn1)CC2. The maximum absolute atomic E-state index is 12.7. The number of likely N-dealkylation sites (tertiary alicyclic amines) is 1. The molecule has 0 saturated carbocycles. The van der Waals surface area contributed by atoms with E-state index in [2.05, 4.69) is 31.3 Å². The molecule has 2 aromatic heterocycles. The fourth-order valence-corrected chi connectivity index (χ4v) is 4.65. The normalized spacial score (nSPS) is 20.2. The number of aromatic nitrogens is 3. The zero-order valence-electron chi connectivity index (χ0n) is 16.1. The van der Waals surface area contributed by atoms with E-state index in [1.165, 1.54) is 18.9 Å². The summed E-state index contributed by atoms with van der Waals surface area (Å²) in [5, 5.41) is 0. The van der Waals surface area contributed by atoms with Crippen molar-refractivity contribution in [2.45, 2.75) is 57.4 Å². The van der Waals surface area contributed by atoms with Crippen LogP contribution in [0.3, 0.4) is 0 Å². The summed E-state index contributed by atoms with van der Waals surface area (Å²) in [5.74, 6) is 1.74. The summed E-state index contributed by atoms with van der Waals surface area (Å²) in [5.41, 5.74) is -0.523. The van der Waals surface area contributed by atoms with E-state index < -0.39 is 11.7 Å². The summed E-state index contributed by atoms with van der Waals surface area (Å²) in [7, 11) is 0. The predicted octanol–water partition coefficient (Wildman–Crippen LogP) is 3.95. The van der Waals surface area contributed by atoms with Gasteiger partial charge in [0.05, 0.1) is 12.1 Å². The lowest BCUT2D eigenvalue weighted by atomic mass is 9.85. The standard InChI is InChI=1S/C20H26F3N5/c1-2-26-13-9-24-18(26)15-28-10-3-6-19(28)7-11-27(12-8-19)17-5-4-16(14-25-17)20(21,22)23/h4-5,9,13-14H,2-3,6-8,10-12,15H2,1H3. The second kappa shape index (κ2) is 7.39. The first-order chi connectivity index (χ1) is 13.4. The second-order valence-corrected chi connectivity index (χ2v) is 7.77. The van der Waals surface area contributed by atoms with Crippen LogP contribution in [0.5, 0.6) is 0 Å². The van der Waals surface area contributed by atoms with Gasteiger partial charge in [-0.05, 0) is 51.3 Å². The van der Waals surface area contributed by atoms with Crippen molar-refractivity contribution in [1.82, 2.24) is 19.4 Å². The van der Waals surface area contributed by atoms with Crippen molar-refractivity contribution in [3.8, 4) is 0 Å². The van der Waals surface area contributed by atoms with E-state index in [1.807, 2.05) is 12.4 Å². The van der Waals surface area contributed by atoms with E-state index in [0.29, 0.717) is 5.82 Å². The van der Waals surface area contributed by atoms with Crippen LogP contribution in [0.1, 0.15) is 44.0 Å². The van der Waals surface area contributed by atoms with Gasteiger partial charge in [-0.2, -0.15) is 13.2 Å². The number of aryl methyl sites for hydroxylation is 1. The van der Waals surface area contributed by atoms with Gasteiger partial charge in [0, 0.05) is 43.8 Å². The molecule has 152 valence electrons. The number of anilines is 1. The van der Waals surface area contributed by atoms with Crippen molar-refractivity contribution in [3.63, 3.8) is 0 Å². The molecule has 2 aliphatic rings. The van der Waals surface area contributed by atoms with Crippen molar-refractivity contribution in [3.05, 3.63) is 42.1 Å². The first-order valence-electron chi connectivity index (χ1n) is 9.94. The molecule has 0 N–H and O–H groups in total. The highest BCUT2D eigenvalue weighted by molar-refractivity contribution is 5.40. The van der Waals surface area contributed by atoms with E-state index in [9.17, 15) is 13.2 Å². The lowest BCUT2D eigenvalue weighted by molar-refractivity contribution is -0.137. The maximum Gasteiger partial charge on any atom is 0.417 e. The number of imidazole rings is 1. The molecule has 0 radical (unpaired) electrons. The molecule has 5 nitrogen and oxygen atoms in total.